The summed E-state index contributed by atoms with van der Waals surface area (Å²) in [5.41, 5.74) is 1.82. The van der Waals surface area contributed by atoms with Crippen molar-refractivity contribution >= 4 is 17.7 Å². The Kier molecular flexibility index (Phi) is 6.03. The third-order valence-corrected chi connectivity index (χ3v) is 2.59. The highest BCUT2D eigenvalue weighted by molar-refractivity contribution is 5.96. The quantitative estimate of drug-likeness (QED) is 0.870. The molecule has 0 aliphatic rings. The van der Waals surface area contributed by atoms with E-state index in [2.05, 4.69) is 10.6 Å². The van der Waals surface area contributed by atoms with Gasteiger partial charge in [-0.2, -0.15) is 0 Å². The summed E-state index contributed by atoms with van der Waals surface area (Å²) in [5.74, 6) is -0.0206. The van der Waals surface area contributed by atoms with Gasteiger partial charge in [-0.15, -0.1) is 0 Å². The van der Waals surface area contributed by atoms with E-state index < -0.39 is 12.1 Å². The molecule has 0 radical (unpaired) electrons. The van der Waals surface area contributed by atoms with E-state index in [0.717, 1.165) is 5.56 Å². The Labute approximate surface area is 119 Å². The number of carbonyl (C=O) groups excluding carboxylic acids is 2. The maximum Gasteiger partial charge on any atom is 0.407 e. The molecule has 0 aromatic heterocycles. The van der Waals surface area contributed by atoms with Crippen LogP contribution in [0.1, 0.15) is 26.3 Å². The zero-order chi connectivity index (χ0) is 15.1. The predicted octanol–water partition coefficient (Wildman–Crippen LogP) is 2.70. The lowest BCUT2D eigenvalue weighted by Crippen LogP contribution is -2.42. The zero-order valence-corrected chi connectivity index (χ0v) is 12.4. The fourth-order valence-corrected chi connectivity index (χ4v) is 1.41. The molecule has 0 heterocycles. The smallest absolute Gasteiger partial charge is 0.407 e. The molecule has 0 aliphatic heterocycles. The van der Waals surface area contributed by atoms with Crippen molar-refractivity contribution in [2.24, 2.45) is 5.92 Å². The van der Waals surface area contributed by atoms with Gasteiger partial charge in [0.25, 0.3) is 0 Å². The number of amides is 2. The largest absolute Gasteiger partial charge is 0.449 e. The Morgan fingerprint density at radius 3 is 2.30 bits per heavy atom. The Morgan fingerprint density at radius 2 is 1.75 bits per heavy atom. The van der Waals surface area contributed by atoms with Crippen LogP contribution in [-0.2, 0) is 9.53 Å². The van der Waals surface area contributed by atoms with E-state index in [1.54, 1.807) is 6.92 Å². The van der Waals surface area contributed by atoms with Gasteiger partial charge < -0.3 is 15.4 Å². The summed E-state index contributed by atoms with van der Waals surface area (Å²) in [6.07, 6.45) is -0.578. The van der Waals surface area contributed by atoms with E-state index in [4.69, 9.17) is 4.74 Å². The minimum atomic E-state index is -0.657. The Bertz CT molecular complexity index is 455. The van der Waals surface area contributed by atoms with Crippen LogP contribution in [0.3, 0.4) is 0 Å². The molecule has 20 heavy (non-hydrogen) atoms. The summed E-state index contributed by atoms with van der Waals surface area (Å²) in [6, 6.07) is 6.79. The van der Waals surface area contributed by atoms with Gasteiger partial charge in [0.05, 0.1) is 6.61 Å². The van der Waals surface area contributed by atoms with Gasteiger partial charge in [0, 0.05) is 5.69 Å². The number of hydrogen-bond donors (Lipinski definition) is 2. The molecule has 5 nitrogen and oxygen atoms in total. The first-order valence-corrected chi connectivity index (χ1v) is 6.69. The Balaban J connectivity index is 2.42. The van der Waals surface area contributed by atoms with Crippen LogP contribution in [0.15, 0.2) is 24.3 Å². The number of ether oxygens (including phenoxy) is 1. The summed E-state index contributed by atoms with van der Waals surface area (Å²) < 4.78 is 4.96. The summed E-state index contributed by atoms with van der Waals surface area (Å²) in [6.45, 7) is 7.81. The van der Waals surface area contributed by atoms with Crippen LogP contribution in [0.4, 0.5) is 10.5 Å². The maximum absolute atomic E-state index is 11.9. The fourth-order valence-electron chi connectivity index (χ4n) is 1.41. The van der Waals surface area contributed by atoms with Crippen LogP contribution in [0.5, 0.6) is 0 Å². The van der Waals surface area contributed by atoms with Crippen LogP contribution in [0, 0.1) is 12.8 Å². The molecule has 0 aliphatic carbocycles. The number of carbonyl (C=O) groups is 2. The van der Waals surface area contributed by atoms with Crippen molar-refractivity contribution < 1.29 is 14.3 Å². The van der Waals surface area contributed by atoms with Crippen LogP contribution in [-0.4, -0.2) is 24.6 Å². The number of rotatable bonds is 5. The van der Waals surface area contributed by atoms with E-state index in [1.807, 2.05) is 45.0 Å². The van der Waals surface area contributed by atoms with Crippen LogP contribution >= 0.6 is 0 Å². The second-order valence-electron chi connectivity index (χ2n) is 5.21. The first kappa shape index (κ1) is 16.0. The standard InChI is InChI=1S/C15H22N2O3/c1-10(2)9-20-15(19)16-12(4)14(18)17-13-7-5-11(3)6-8-13/h5-8,10,12H,9H2,1-4H3,(H,16,19)(H,17,18)/t12-/m0/s1. The van der Waals surface area contributed by atoms with Gasteiger partial charge in [0.2, 0.25) is 5.91 Å². The molecule has 1 rings (SSSR count). The van der Waals surface area contributed by atoms with Gasteiger partial charge >= 0.3 is 6.09 Å². The molecule has 1 aromatic carbocycles. The van der Waals surface area contributed by atoms with Gasteiger partial charge in [-0.3, -0.25) is 4.79 Å². The van der Waals surface area contributed by atoms with Crippen molar-refractivity contribution in [3.8, 4) is 0 Å². The van der Waals surface area contributed by atoms with E-state index >= 15 is 0 Å². The van der Waals surface area contributed by atoms with Crippen molar-refractivity contribution in [3.05, 3.63) is 29.8 Å². The molecule has 1 aromatic rings. The molecule has 0 saturated heterocycles. The highest BCUT2D eigenvalue weighted by atomic mass is 16.5. The van der Waals surface area contributed by atoms with Crippen molar-refractivity contribution in [1.29, 1.82) is 0 Å². The van der Waals surface area contributed by atoms with Gasteiger partial charge in [-0.25, -0.2) is 4.79 Å². The number of anilines is 1. The van der Waals surface area contributed by atoms with Crippen LogP contribution in [0.2, 0.25) is 0 Å². The third-order valence-electron chi connectivity index (χ3n) is 2.59. The van der Waals surface area contributed by atoms with E-state index in [0.29, 0.717) is 12.3 Å². The van der Waals surface area contributed by atoms with Gasteiger partial charge in [-0.05, 0) is 31.9 Å². The molecule has 0 unspecified atom stereocenters. The van der Waals surface area contributed by atoms with Crippen molar-refractivity contribution in [2.45, 2.75) is 33.7 Å². The monoisotopic (exact) mass is 278 g/mol. The average molecular weight is 278 g/mol. The SMILES string of the molecule is Cc1ccc(NC(=O)[C@H](C)NC(=O)OCC(C)C)cc1. The molecule has 2 N–H and O–H groups in total. The first-order valence-electron chi connectivity index (χ1n) is 6.69. The van der Waals surface area contributed by atoms with E-state index in [9.17, 15) is 9.59 Å². The summed E-state index contributed by atoms with van der Waals surface area (Å²) in [4.78, 5) is 23.3. The van der Waals surface area contributed by atoms with Gasteiger partial charge in [-0.1, -0.05) is 31.5 Å². The highest BCUT2D eigenvalue weighted by Gasteiger charge is 2.16. The first-order chi connectivity index (χ1) is 9.38. The lowest BCUT2D eigenvalue weighted by molar-refractivity contribution is -0.117. The van der Waals surface area contributed by atoms with Crippen LogP contribution < -0.4 is 10.6 Å². The van der Waals surface area contributed by atoms with Crippen LogP contribution in [0.25, 0.3) is 0 Å². The van der Waals surface area contributed by atoms with E-state index in [-0.39, 0.29) is 11.8 Å². The molecular weight excluding hydrogens is 256 g/mol. The second-order valence-corrected chi connectivity index (χ2v) is 5.21. The fraction of sp³-hybridized carbons (Fsp3) is 0.467. The number of alkyl carbamates (subject to hydrolysis) is 1. The number of benzene rings is 1. The van der Waals surface area contributed by atoms with Gasteiger partial charge in [0.1, 0.15) is 6.04 Å². The average Bonchev–Trinajstić information content (AvgIpc) is 2.39. The van der Waals surface area contributed by atoms with Crippen molar-refractivity contribution in [1.82, 2.24) is 5.32 Å². The highest BCUT2D eigenvalue weighted by Crippen LogP contribution is 2.08. The van der Waals surface area contributed by atoms with E-state index in [1.165, 1.54) is 0 Å². The molecule has 110 valence electrons. The molecule has 0 spiro atoms. The van der Waals surface area contributed by atoms with Crippen molar-refractivity contribution in [3.63, 3.8) is 0 Å². The lowest BCUT2D eigenvalue weighted by Gasteiger charge is -2.15. The molecular formula is C15H22N2O3. The molecule has 0 bridgehead atoms. The lowest BCUT2D eigenvalue weighted by atomic mass is 10.2. The molecule has 1 atom stereocenters. The third kappa shape index (κ3) is 5.73. The minimum Gasteiger partial charge on any atom is -0.449 e. The zero-order valence-electron chi connectivity index (χ0n) is 12.4. The summed E-state index contributed by atoms with van der Waals surface area (Å²) in [7, 11) is 0. The van der Waals surface area contributed by atoms with Gasteiger partial charge in [0.15, 0.2) is 0 Å². The molecule has 2 amide bonds. The number of hydrogen-bond acceptors (Lipinski definition) is 3. The minimum absolute atomic E-state index is 0.262. The number of aryl methyl sites for hydroxylation is 1. The number of nitrogens with one attached hydrogen (secondary N) is 2. The Hall–Kier alpha value is -2.04. The summed E-state index contributed by atoms with van der Waals surface area (Å²) >= 11 is 0. The molecule has 0 saturated carbocycles. The summed E-state index contributed by atoms with van der Waals surface area (Å²) in [5, 5.41) is 5.22. The normalized spacial score (nSPS) is 11.8. The topological polar surface area (TPSA) is 67.4 Å². The Morgan fingerprint density at radius 1 is 1.15 bits per heavy atom. The molecule has 5 heteroatoms. The second kappa shape index (κ2) is 7.53. The van der Waals surface area contributed by atoms with Crippen molar-refractivity contribution in [2.75, 3.05) is 11.9 Å². The predicted molar refractivity (Wildman–Crippen MR) is 78.6 cm³/mol. The molecule has 0 fully saturated rings. The maximum atomic E-state index is 11.9.